The van der Waals surface area contributed by atoms with Crippen molar-refractivity contribution in [1.29, 1.82) is 0 Å². The molecule has 148 valence electrons. The molecule has 29 heavy (non-hydrogen) atoms. The van der Waals surface area contributed by atoms with Gasteiger partial charge >= 0.3 is 0 Å². The van der Waals surface area contributed by atoms with E-state index in [0.29, 0.717) is 11.3 Å². The van der Waals surface area contributed by atoms with Gasteiger partial charge < -0.3 is 9.80 Å². The van der Waals surface area contributed by atoms with E-state index in [1.165, 1.54) is 5.56 Å². The normalized spacial score (nSPS) is 15.1. The summed E-state index contributed by atoms with van der Waals surface area (Å²) in [6.45, 7) is 5.06. The zero-order valence-corrected chi connectivity index (χ0v) is 16.6. The second kappa shape index (κ2) is 9.43. The minimum Gasteiger partial charge on any atom is -0.355 e. The van der Waals surface area contributed by atoms with Crippen LogP contribution in [0.5, 0.6) is 0 Å². The van der Waals surface area contributed by atoms with Crippen LogP contribution < -0.4 is 4.90 Å². The molecule has 4 rings (SSSR count). The fourth-order valence-corrected chi connectivity index (χ4v) is 3.73. The fraction of sp³-hybridized carbons (Fsp3) is 0.292. The van der Waals surface area contributed by atoms with Crippen molar-refractivity contribution >= 4 is 11.6 Å². The van der Waals surface area contributed by atoms with Crippen molar-refractivity contribution in [3.8, 4) is 0 Å². The van der Waals surface area contributed by atoms with Gasteiger partial charge in [-0.2, -0.15) is 0 Å². The molecule has 0 amide bonds. The van der Waals surface area contributed by atoms with Crippen LogP contribution in [-0.2, 0) is 6.42 Å². The molecule has 0 radical (unpaired) electrons. The first-order valence-electron chi connectivity index (χ1n) is 10.2. The highest BCUT2D eigenvalue weighted by Gasteiger charge is 2.18. The highest BCUT2D eigenvalue weighted by Crippen LogP contribution is 2.16. The van der Waals surface area contributed by atoms with Crippen LogP contribution in [0, 0.1) is 0 Å². The number of rotatable bonds is 6. The number of hydrogen-bond donors (Lipinski definition) is 0. The van der Waals surface area contributed by atoms with Crippen molar-refractivity contribution in [2.75, 3.05) is 37.6 Å². The first-order valence-corrected chi connectivity index (χ1v) is 10.2. The monoisotopic (exact) mass is 386 g/mol. The van der Waals surface area contributed by atoms with E-state index >= 15 is 0 Å². The Morgan fingerprint density at radius 3 is 2.62 bits per heavy atom. The molecule has 3 heterocycles. The van der Waals surface area contributed by atoms with Crippen molar-refractivity contribution in [3.63, 3.8) is 0 Å². The van der Waals surface area contributed by atoms with Crippen molar-refractivity contribution in [1.82, 2.24) is 14.9 Å². The van der Waals surface area contributed by atoms with Gasteiger partial charge in [-0.3, -0.25) is 9.78 Å². The molecule has 5 nitrogen and oxygen atoms in total. The number of hydrogen-bond acceptors (Lipinski definition) is 5. The fourth-order valence-electron chi connectivity index (χ4n) is 3.73. The van der Waals surface area contributed by atoms with E-state index in [0.717, 1.165) is 51.4 Å². The molecule has 1 aliphatic rings. The van der Waals surface area contributed by atoms with Gasteiger partial charge in [0.15, 0.2) is 0 Å². The van der Waals surface area contributed by atoms with Gasteiger partial charge in [0.25, 0.3) is 0 Å². The van der Waals surface area contributed by atoms with Crippen molar-refractivity contribution < 1.29 is 4.79 Å². The van der Waals surface area contributed by atoms with Gasteiger partial charge in [0, 0.05) is 44.1 Å². The molecule has 0 bridgehead atoms. The van der Waals surface area contributed by atoms with Gasteiger partial charge in [0.1, 0.15) is 11.5 Å². The zero-order chi connectivity index (χ0) is 19.9. The van der Waals surface area contributed by atoms with Gasteiger partial charge in [-0.15, -0.1) is 0 Å². The predicted octanol–water partition coefficient (Wildman–Crippen LogP) is 3.46. The van der Waals surface area contributed by atoms with E-state index in [1.54, 1.807) is 30.6 Å². The molecule has 1 fully saturated rings. The number of ketones is 1. The maximum absolute atomic E-state index is 12.7. The minimum absolute atomic E-state index is 0.0840. The van der Waals surface area contributed by atoms with Crippen LogP contribution in [0.1, 0.15) is 28.0 Å². The third-order valence-electron chi connectivity index (χ3n) is 5.36. The molecule has 0 N–H and O–H groups in total. The molecule has 1 saturated heterocycles. The van der Waals surface area contributed by atoms with Crippen LogP contribution in [-0.4, -0.2) is 53.4 Å². The molecule has 1 aliphatic heterocycles. The maximum atomic E-state index is 12.7. The van der Waals surface area contributed by atoms with Crippen molar-refractivity contribution in [2.45, 2.75) is 12.8 Å². The highest BCUT2D eigenvalue weighted by molar-refractivity contribution is 6.07. The van der Waals surface area contributed by atoms with Crippen LogP contribution in [0.25, 0.3) is 0 Å². The zero-order valence-electron chi connectivity index (χ0n) is 16.6. The summed E-state index contributed by atoms with van der Waals surface area (Å²) < 4.78 is 0. The summed E-state index contributed by atoms with van der Waals surface area (Å²) in [5.74, 6) is 0.795. The van der Waals surface area contributed by atoms with E-state index < -0.39 is 0 Å². The number of aromatic nitrogens is 2. The Morgan fingerprint density at radius 1 is 0.897 bits per heavy atom. The summed E-state index contributed by atoms with van der Waals surface area (Å²) in [6, 6.07) is 19.9. The first kappa shape index (κ1) is 19.3. The maximum Gasteiger partial charge on any atom is 0.212 e. The van der Waals surface area contributed by atoms with Crippen LogP contribution in [0.4, 0.5) is 5.82 Å². The number of carbonyl (C=O) groups excluding carboxylic acids is 1. The quantitative estimate of drug-likeness (QED) is 0.607. The molecule has 0 unspecified atom stereocenters. The molecule has 3 aromatic rings. The van der Waals surface area contributed by atoms with Gasteiger partial charge in [-0.1, -0.05) is 36.4 Å². The summed E-state index contributed by atoms with van der Waals surface area (Å²) in [5.41, 5.74) is 2.43. The standard InChI is InChI=1S/C24H26N4O/c29-24(21-9-5-13-25-19-21)22-10-4-11-23(26-22)28-15-6-14-27(17-18-28)16-12-20-7-2-1-3-8-20/h1-5,7-11,13,19H,6,12,14-18H2. The Labute approximate surface area is 172 Å². The number of anilines is 1. The van der Waals surface area contributed by atoms with E-state index in [4.69, 9.17) is 0 Å². The lowest BCUT2D eigenvalue weighted by Gasteiger charge is -2.23. The van der Waals surface area contributed by atoms with E-state index in [9.17, 15) is 4.79 Å². The topological polar surface area (TPSA) is 49.3 Å². The number of benzene rings is 1. The van der Waals surface area contributed by atoms with Gasteiger partial charge in [-0.05, 0) is 49.2 Å². The summed E-state index contributed by atoms with van der Waals surface area (Å²) in [7, 11) is 0. The predicted molar refractivity (Wildman–Crippen MR) is 115 cm³/mol. The molecule has 5 heteroatoms. The molecular weight excluding hydrogens is 360 g/mol. The van der Waals surface area contributed by atoms with E-state index in [1.807, 2.05) is 12.1 Å². The third kappa shape index (κ3) is 5.06. The Bertz CT molecular complexity index is 930. The Kier molecular flexibility index (Phi) is 6.27. The number of carbonyl (C=O) groups is 1. The summed E-state index contributed by atoms with van der Waals surface area (Å²) in [5, 5.41) is 0. The Morgan fingerprint density at radius 2 is 1.79 bits per heavy atom. The number of nitrogens with zero attached hydrogens (tertiary/aromatic N) is 4. The van der Waals surface area contributed by atoms with E-state index in [-0.39, 0.29) is 5.78 Å². The summed E-state index contributed by atoms with van der Waals surface area (Å²) in [4.78, 5) is 26.2. The lowest BCUT2D eigenvalue weighted by Crippen LogP contribution is -2.32. The molecule has 0 saturated carbocycles. The summed E-state index contributed by atoms with van der Waals surface area (Å²) >= 11 is 0. The lowest BCUT2D eigenvalue weighted by molar-refractivity contribution is 0.103. The van der Waals surface area contributed by atoms with Crippen LogP contribution in [0.3, 0.4) is 0 Å². The lowest BCUT2D eigenvalue weighted by atomic mass is 10.1. The Hall–Kier alpha value is -3.05. The smallest absolute Gasteiger partial charge is 0.212 e. The average molecular weight is 386 g/mol. The third-order valence-corrected chi connectivity index (χ3v) is 5.36. The van der Waals surface area contributed by atoms with Gasteiger partial charge in [0.05, 0.1) is 0 Å². The molecule has 2 aromatic heterocycles. The molecule has 0 atom stereocenters. The van der Waals surface area contributed by atoms with Crippen LogP contribution in [0.2, 0.25) is 0 Å². The van der Waals surface area contributed by atoms with Crippen molar-refractivity contribution in [2.24, 2.45) is 0 Å². The Balaban J connectivity index is 1.38. The summed E-state index contributed by atoms with van der Waals surface area (Å²) in [6.07, 6.45) is 5.43. The molecule has 0 spiro atoms. The van der Waals surface area contributed by atoms with Crippen LogP contribution in [0.15, 0.2) is 73.1 Å². The van der Waals surface area contributed by atoms with Gasteiger partial charge in [0.2, 0.25) is 5.78 Å². The van der Waals surface area contributed by atoms with Gasteiger partial charge in [-0.25, -0.2) is 4.98 Å². The van der Waals surface area contributed by atoms with Crippen molar-refractivity contribution in [3.05, 3.63) is 89.9 Å². The molecule has 0 aliphatic carbocycles. The second-order valence-corrected chi connectivity index (χ2v) is 7.37. The van der Waals surface area contributed by atoms with E-state index in [2.05, 4.69) is 50.1 Å². The number of pyridine rings is 2. The highest BCUT2D eigenvalue weighted by atomic mass is 16.1. The molecular formula is C24H26N4O. The second-order valence-electron chi connectivity index (χ2n) is 7.37. The SMILES string of the molecule is O=C(c1cccnc1)c1cccc(N2CCCN(CCc3ccccc3)CC2)n1. The molecule has 1 aromatic carbocycles. The first-order chi connectivity index (χ1) is 14.3. The minimum atomic E-state index is -0.0840. The average Bonchev–Trinajstić information content (AvgIpc) is 3.04. The largest absolute Gasteiger partial charge is 0.355 e. The van der Waals surface area contributed by atoms with Crippen LogP contribution >= 0.6 is 0 Å².